The lowest BCUT2D eigenvalue weighted by Gasteiger charge is -2.10. The van der Waals surface area contributed by atoms with E-state index >= 15 is 0 Å². The molecule has 0 amide bonds. The molecule has 3 nitrogen and oxygen atoms in total. The third-order valence-electron chi connectivity index (χ3n) is 5.02. The third-order valence-corrected chi connectivity index (χ3v) is 5.02. The smallest absolute Gasteiger partial charge is 0.211 e. The highest BCUT2D eigenvalue weighted by atomic mass is 35.5. The summed E-state index contributed by atoms with van der Waals surface area (Å²) in [5.74, 6) is 0. The van der Waals surface area contributed by atoms with Gasteiger partial charge in [0.15, 0.2) is 6.21 Å². The van der Waals surface area contributed by atoms with E-state index in [9.17, 15) is 0 Å². The maximum atomic E-state index is 9.15. The number of nitrogens with one attached hydrogen (secondary N) is 2. The van der Waals surface area contributed by atoms with Gasteiger partial charge >= 0.3 is 0 Å². The summed E-state index contributed by atoms with van der Waals surface area (Å²) in [6, 6.07) is 26.6. The summed E-state index contributed by atoms with van der Waals surface area (Å²) in [5.41, 5.74) is 8.60. The van der Waals surface area contributed by atoms with Gasteiger partial charge in [-0.1, -0.05) is 42.5 Å². The van der Waals surface area contributed by atoms with Crippen molar-refractivity contribution in [1.82, 2.24) is 4.98 Å². The average molecular weight is 382 g/mol. The van der Waals surface area contributed by atoms with Crippen LogP contribution in [0.3, 0.4) is 0 Å². The quantitative estimate of drug-likeness (QED) is 0.530. The lowest BCUT2D eigenvalue weighted by molar-refractivity contribution is -0.342. The Morgan fingerprint density at radius 2 is 1.64 bits per heavy atom. The molecule has 0 spiro atoms. The molecule has 1 aromatic heterocycles. The fraction of sp³-hybridized carbons (Fsp3) is 0. The second-order valence-electron chi connectivity index (χ2n) is 6.56. The molecular formula is C24H16ClN3. The number of benzene rings is 3. The number of para-hydroxylation sites is 2. The molecule has 0 fully saturated rings. The minimum atomic E-state index is 0. The van der Waals surface area contributed by atoms with E-state index in [2.05, 4.69) is 64.9 Å². The van der Waals surface area contributed by atoms with Crippen molar-refractivity contribution in [2.75, 3.05) is 0 Å². The highest BCUT2D eigenvalue weighted by molar-refractivity contribution is 6.24. The molecule has 0 saturated carbocycles. The van der Waals surface area contributed by atoms with Crippen LogP contribution in [0, 0.1) is 11.3 Å². The van der Waals surface area contributed by atoms with E-state index in [1.807, 2.05) is 36.4 Å². The van der Waals surface area contributed by atoms with Gasteiger partial charge in [0.05, 0.1) is 22.8 Å². The number of hydrogen-bond acceptors (Lipinski definition) is 1. The number of H-pyrrole nitrogens is 1. The molecule has 0 aliphatic carbocycles. The molecule has 0 bridgehead atoms. The summed E-state index contributed by atoms with van der Waals surface area (Å²) in [7, 11) is 0. The van der Waals surface area contributed by atoms with Crippen molar-refractivity contribution in [2.24, 2.45) is 0 Å². The molecule has 2 N–H and O–H groups in total. The molecule has 0 saturated heterocycles. The van der Waals surface area contributed by atoms with Crippen LogP contribution in [0.1, 0.15) is 22.3 Å². The van der Waals surface area contributed by atoms with Gasteiger partial charge in [-0.25, -0.2) is 4.99 Å². The van der Waals surface area contributed by atoms with E-state index in [-0.39, 0.29) is 12.4 Å². The predicted octanol–water partition coefficient (Wildman–Crippen LogP) is 0.799. The molecule has 1 aliphatic heterocycles. The van der Waals surface area contributed by atoms with Gasteiger partial charge < -0.3 is 17.4 Å². The Morgan fingerprint density at radius 3 is 2.46 bits per heavy atom. The first-order chi connectivity index (χ1) is 13.3. The van der Waals surface area contributed by atoms with Crippen LogP contribution in [0.5, 0.6) is 0 Å². The first-order valence-corrected chi connectivity index (χ1v) is 8.85. The number of nitriles is 1. The van der Waals surface area contributed by atoms with Crippen molar-refractivity contribution in [3.05, 3.63) is 101 Å². The molecule has 0 unspecified atom stereocenters. The Kier molecular flexibility index (Phi) is 4.57. The Balaban J connectivity index is 0.00000192. The van der Waals surface area contributed by atoms with Crippen LogP contribution in [0.15, 0.2) is 79.0 Å². The summed E-state index contributed by atoms with van der Waals surface area (Å²) in [4.78, 5) is 6.78. The molecule has 4 aromatic rings. The van der Waals surface area contributed by atoms with E-state index in [4.69, 9.17) is 5.26 Å². The number of allylic oxidation sites excluding steroid dienone is 1. The molecule has 1 aliphatic rings. The van der Waals surface area contributed by atoms with Crippen LogP contribution >= 0.6 is 0 Å². The monoisotopic (exact) mass is 381 g/mol. The van der Waals surface area contributed by atoms with Crippen LogP contribution in [-0.2, 0) is 0 Å². The highest BCUT2D eigenvalue weighted by Crippen LogP contribution is 2.37. The van der Waals surface area contributed by atoms with Crippen LogP contribution in [0.4, 0.5) is 5.69 Å². The first kappa shape index (κ1) is 17.8. The van der Waals surface area contributed by atoms with E-state index in [1.165, 1.54) is 10.9 Å². The van der Waals surface area contributed by atoms with E-state index in [1.54, 1.807) is 0 Å². The lowest BCUT2D eigenvalue weighted by Crippen LogP contribution is -3.00. The molecule has 134 valence electrons. The van der Waals surface area contributed by atoms with E-state index in [0.29, 0.717) is 5.56 Å². The molecule has 28 heavy (non-hydrogen) atoms. The second kappa shape index (κ2) is 7.19. The number of fused-ring (bicyclic) bond motifs is 2. The summed E-state index contributed by atoms with van der Waals surface area (Å²) in [5, 5.41) is 10.3. The Hall–Kier alpha value is -3.61. The number of aromatic nitrogens is 1. The van der Waals surface area contributed by atoms with Crippen molar-refractivity contribution < 1.29 is 17.4 Å². The zero-order valence-corrected chi connectivity index (χ0v) is 15.7. The van der Waals surface area contributed by atoms with Crippen molar-refractivity contribution in [3.8, 4) is 6.07 Å². The molecular weight excluding hydrogens is 366 g/mol. The number of rotatable bonds is 2. The minimum absolute atomic E-state index is 0. The van der Waals surface area contributed by atoms with Gasteiger partial charge in [-0.15, -0.1) is 0 Å². The van der Waals surface area contributed by atoms with Crippen LogP contribution in [-0.4, -0.2) is 11.2 Å². The standard InChI is InChI=1S/C24H15N3.ClH/c25-13-16-9-11-17(12-10-16)24(20-14-26-22-7-3-1-5-18(20)22)21-15-27-23-8-4-2-6-19(21)23;/h1-12,14-15,26H;1H. The fourth-order valence-corrected chi connectivity index (χ4v) is 3.72. The Bertz CT molecular complexity index is 1270. The van der Waals surface area contributed by atoms with Crippen molar-refractivity contribution in [2.45, 2.75) is 0 Å². The molecule has 2 heterocycles. The van der Waals surface area contributed by atoms with Crippen LogP contribution in [0.25, 0.3) is 22.0 Å². The number of nitrogens with zero attached hydrogens (tertiary/aromatic N) is 1. The van der Waals surface area contributed by atoms with Gasteiger partial charge in [0.25, 0.3) is 0 Å². The molecule has 4 heteroatoms. The van der Waals surface area contributed by atoms with Crippen LogP contribution in [0.2, 0.25) is 0 Å². The van der Waals surface area contributed by atoms with E-state index < -0.39 is 0 Å². The van der Waals surface area contributed by atoms with Gasteiger partial charge in [-0.3, -0.25) is 0 Å². The lowest BCUT2D eigenvalue weighted by atomic mass is 9.90. The summed E-state index contributed by atoms with van der Waals surface area (Å²) < 4.78 is 0. The average Bonchev–Trinajstić information content (AvgIpc) is 3.34. The zero-order valence-electron chi connectivity index (χ0n) is 14.9. The molecule has 0 atom stereocenters. The summed E-state index contributed by atoms with van der Waals surface area (Å²) in [6.45, 7) is 0. The number of aromatic amines is 1. The van der Waals surface area contributed by atoms with Gasteiger partial charge in [0.2, 0.25) is 5.69 Å². The zero-order chi connectivity index (χ0) is 18.2. The Morgan fingerprint density at radius 1 is 0.893 bits per heavy atom. The SMILES string of the molecule is N#Cc1ccc(C(=C2C=[NH+]c3ccccc32)c2c[nH]c3ccccc23)cc1.[Cl-]. The first-order valence-electron chi connectivity index (χ1n) is 8.85. The van der Waals surface area contributed by atoms with Crippen molar-refractivity contribution in [3.63, 3.8) is 0 Å². The maximum Gasteiger partial charge on any atom is 0.211 e. The fourth-order valence-electron chi connectivity index (χ4n) is 3.72. The van der Waals surface area contributed by atoms with E-state index in [0.717, 1.165) is 33.5 Å². The summed E-state index contributed by atoms with van der Waals surface area (Å²) in [6.07, 6.45) is 4.14. The molecule has 0 radical (unpaired) electrons. The van der Waals surface area contributed by atoms with Gasteiger partial charge in [-0.05, 0) is 29.8 Å². The van der Waals surface area contributed by atoms with Crippen molar-refractivity contribution >= 4 is 34.0 Å². The largest absolute Gasteiger partial charge is 1.00 e. The topological polar surface area (TPSA) is 53.5 Å². The minimum Gasteiger partial charge on any atom is -1.00 e. The van der Waals surface area contributed by atoms with Gasteiger partial charge in [0.1, 0.15) is 0 Å². The number of hydrogen-bond donors (Lipinski definition) is 2. The molecule has 3 aromatic carbocycles. The summed E-state index contributed by atoms with van der Waals surface area (Å²) >= 11 is 0. The van der Waals surface area contributed by atoms with Crippen LogP contribution < -0.4 is 17.4 Å². The maximum absolute atomic E-state index is 9.15. The third kappa shape index (κ3) is 2.81. The normalized spacial score (nSPS) is 13.7. The predicted molar refractivity (Wildman–Crippen MR) is 109 cm³/mol. The molecule has 5 rings (SSSR count). The second-order valence-corrected chi connectivity index (χ2v) is 6.56. The number of halogens is 1. The van der Waals surface area contributed by atoms with Gasteiger partial charge in [0, 0.05) is 34.3 Å². The highest BCUT2D eigenvalue weighted by Gasteiger charge is 2.24. The Labute approximate surface area is 169 Å². The van der Waals surface area contributed by atoms with Crippen molar-refractivity contribution in [1.29, 1.82) is 5.26 Å². The van der Waals surface area contributed by atoms with Gasteiger partial charge in [-0.2, -0.15) is 5.26 Å².